The van der Waals surface area contributed by atoms with Gasteiger partial charge in [-0.15, -0.1) is 0 Å². The molecular weight excluding hydrogens is 212 g/mol. The second kappa shape index (κ2) is 6.69. The minimum atomic E-state index is -0.256. The van der Waals surface area contributed by atoms with Crippen LogP contribution in [0.15, 0.2) is 47.6 Å². The van der Waals surface area contributed by atoms with Gasteiger partial charge in [-0.3, -0.25) is 0 Å². The Hall–Kier alpha value is -1.83. The third-order valence-electron chi connectivity index (χ3n) is 2.24. The summed E-state index contributed by atoms with van der Waals surface area (Å²) in [6.45, 7) is 5.94. The average molecular weight is 230 g/mol. The highest BCUT2D eigenvalue weighted by molar-refractivity contribution is 5.88. The molecule has 2 heteroatoms. The van der Waals surface area contributed by atoms with Gasteiger partial charge in [-0.25, -0.2) is 4.79 Å². The Morgan fingerprint density at radius 3 is 2.47 bits per heavy atom. The molecule has 0 aliphatic rings. The number of rotatable bonds is 4. The Morgan fingerprint density at radius 2 is 1.88 bits per heavy atom. The van der Waals surface area contributed by atoms with E-state index in [1.165, 1.54) is 0 Å². The van der Waals surface area contributed by atoms with E-state index in [9.17, 15) is 4.79 Å². The normalized spacial score (nSPS) is 12.4. The Kier molecular flexibility index (Phi) is 5.21. The molecule has 1 aromatic rings. The summed E-state index contributed by atoms with van der Waals surface area (Å²) in [6.07, 6.45) is 3.87. The van der Waals surface area contributed by atoms with Crippen LogP contribution in [0.1, 0.15) is 26.3 Å². The summed E-state index contributed by atoms with van der Waals surface area (Å²) >= 11 is 0. The average Bonchev–Trinajstić information content (AvgIpc) is 2.30. The number of carbonyl (C=O) groups is 1. The molecule has 17 heavy (non-hydrogen) atoms. The summed E-state index contributed by atoms with van der Waals surface area (Å²) in [6, 6.07) is 10.0. The van der Waals surface area contributed by atoms with E-state index in [1.807, 2.05) is 49.4 Å². The van der Waals surface area contributed by atoms with Crippen LogP contribution in [0.25, 0.3) is 6.08 Å². The van der Waals surface area contributed by atoms with E-state index < -0.39 is 0 Å². The smallest absolute Gasteiger partial charge is 0.333 e. The Labute approximate surface area is 103 Å². The van der Waals surface area contributed by atoms with E-state index in [0.29, 0.717) is 12.2 Å². The van der Waals surface area contributed by atoms with Crippen molar-refractivity contribution >= 4 is 12.0 Å². The maximum atomic E-state index is 11.4. The quantitative estimate of drug-likeness (QED) is 0.449. The lowest BCUT2D eigenvalue weighted by Crippen LogP contribution is -2.05. The molecular formula is C15H18O2. The van der Waals surface area contributed by atoms with Crippen molar-refractivity contribution in [1.82, 2.24) is 0 Å². The van der Waals surface area contributed by atoms with Gasteiger partial charge >= 0.3 is 5.97 Å². The largest absolute Gasteiger partial charge is 0.463 e. The van der Waals surface area contributed by atoms with E-state index in [-0.39, 0.29) is 5.97 Å². The molecule has 0 aromatic heterocycles. The molecule has 0 heterocycles. The zero-order chi connectivity index (χ0) is 12.7. The number of benzene rings is 1. The van der Waals surface area contributed by atoms with Crippen LogP contribution < -0.4 is 0 Å². The standard InChI is InChI=1S/C15H18O2/c1-4-17-15(16)13(3)10-12(2)11-14-8-6-5-7-9-14/h5-11H,4H2,1-3H3. The van der Waals surface area contributed by atoms with Gasteiger partial charge in [0.2, 0.25) is 0 Å². The van der Waals surface area contributed by atoms with E-state index in [4.69, 9.17) is 4.74 Å². The maximum Gasteiger partial charge on any atom is 0.333 e. The van der Waals surface area contributed by atoms with Gasteiger partial charge in [0, 0.05) is 5.57 Å². The number of ether oxygens (including phenoxy) is 1. The highest BCUT2D eigenvalue weighted by Crippen LogP contribution is 2.09. The number of hydrogen-bond acceptors (Lipinski definition) is 2. The van der Waals surface area contributed by atoms with E-state index in [0.717, 1.165) is 11.1 Å². The highest BCUT2D eigenvalue weighted by atomic mass is 16.5. The zero-order valence-corrected chi connectivity index (χ0v) is 10.6. The fraction of sp³-hybridized carbons (Fsp3) is 0.267. The number of hydrogen-bond donors (Lipinski definition) is 0. The predicted molar refractivity (Wildman–Crippen MR) is 70.5 cm³/mol. The Balaban J connectivity index is 2.77. The molecule has 0 saturated heterocycles. The van der Waals surface area contributed by atoms with Crippen molar-refractivity contribution in [3.8, 4) is 0 Å². The highest BCUT2D eigenvalue weighted by Gasteiger charge is 2.03. The molecule has 0 unspecified atom stereocenters. The minimum absolute atomic E-state index is 0.256. The monoisotopic (exact) mass is 230 g/mol. The Bertz CT molecular complexity index is 427. The molecule has 1 aromatic carbocycles. The SMILES string of the molecule is CCOC(=O)C(C)=CC(C)=Cc1ccccc1. The second-order valence-corrected chi connectivity index (χ2v) is 3.85. The second-order valence-electron chi connectivity index (χ2n) is 3.85. The first-order chi connectivity index (χ1) is 8.13. The van der Waals surface area contributed by atoms with Crippen LogP contribution in [0.5, 0.6) is 0 Å². The lowest BCUT2D eigenvalue weighted by Gasteiger charge is -2.01. The van der Waals surface area contributed by atoms with Crippen LogP contribution >= 0.6 is 0 Å². The fourth-order valence-corrected chi connectivity index (χ4v) is 1.50. The van der Waals surface area contributed by atoms with Crippen molar-refractivity contribution in [1.29, 1.82) is 0 Å². The molecule has 0 bridgehead atoms. The first-order valence-electron chi connectivity index (χ1n) is 5.72. The topological polar surface area (TPSA) is 26.3 Å². The Morgan fingerprint density at radius 1 is 1.24 bits per heavy atom. The van der Waals surface area contributed by atoms with Crippen LogP contribution in [0, 0.1) is 0 Å². The number of carbonyl (C=O) groups excluding carboxylic acids is 1. The summed E-state index contributed by atoms with van der Waals surface area (Å²) in [5.41, 5.74) is 2.77. The zero-order valence-electron chi connectivity index (χ0n) is 10.6. The van der Waals surface area contributed by atoms with E-state index in [2.05, 4.69) is 0 Å². The van der Waals surface area contributed by atoms with E-state index in [1.54, 1.807) is 13.8 Å². The van der Waals surface area contributed by atoms with Crippen LogP contribution in [0.3, 0.4) is 0 Å². The lowest BCUT2D eigenvalue weighted by molar-refractivity contribution is -0.138. The fourth-order valence-electron chi connectivity index (χ4n) is 1.50. The molecule has 0 atom stereocenters. The summed E-state index contributed by atoms with van der Waals surface area (Å²) in [5, 5.41) is 0. The van der Waals surface area contributed by atoms with Gasteiger partial charge in [0.15, 0.2) is 0 Å². The first kappa shape index (κ1) is 13.2. The molecule has 0 radical (unpaired) electrons. The number of esters is 1. The molecule has 1 rings (SSSR count). The molecule has 2 nitrogen and oxygen atoms in total. The van der Waals surface area contributed by atoms with Gasteiger partial charge in [0.05, 0.1) is 6.61 Å². The third kappa shape index (κ3) is 4.68. The molecule has 0 N–H and O–H groups in total. The van der Waals surface area contributed by atoms with Crippen LogP contribution in [-0.2, 0) is 9.53 Å². The van der Waals surface area contributed by atoms with Gasteiger partial charge in [-0.05, 0) is 32.4 Å². The summed E-state index contributed by atoms with van der Waals surface area (Å²) in [7, 11) is 0. The minimum Gasteiger partial charge on any atom is -0.463 e. The lowest BCUT2D eigenvalue weighted by atomic mass is 10.1. The summed E-state index contributed by atoms with van der Waals surface area (Å²) in [5.74, 6) is -0.256. The molecule has 0 aliphatic heterocycles. The maximum absolute atomic E-state index is 11.4. The first-order valence-corrected chi connectivity index (χ1v) is 5.72. The van der Waals surface area contributed by atoms with Crippen molar-refractivity contribution in [3.05, 3.63) is 53.1 Å². The van der Waals surface area contributed by atoms with Crippen LogP contribution in [-0.4, -0.2) is 12.6 Å². The molecule has 0 amide bonds. The molecule has 0 saturated carbocycles. The van der Waals surface area contributed by atoms with Crippen LogP contribution in [0.4, 0.5) is 0 Å². The van der Waals surface area contributed by atoms with Gasteiger partial charge < -0.3 is 4.74 Å². The van der Waals surface area contributed by atoms with E-state index >= 15 is 0 Å². The molecule has 90 valence electrons. The summed E-state index contributed by atoms with van der Waals surface area (Å²) in [4.78, 5) is 11.4. The van der Waals surface area contributed by atoms with Crippen molar-refractivity contribution in [2.24, 2.45) is 0 Å². The third-order valence-corrected chi connectivity index (χ3v) is 2.24. The molecule has 0 aliphatic carbocycles. The van der Waals surface area contributed by atoms with Gasteiger partial charge in [0.25, 0.3) is 0 Å². The van der Waals surface area contributed by atoms with Gasteiger partial charge in [0.1, 0.15) is 0 Å². The molecule has 0 fully saturated rings. The van der Waals surface area contributed by atoms with Crippen molar-refractivity contribution in [2.75, 3.05) is 6.61 Å². The number of allylic oxidation sites excluding steroid dienone is 2. The van der Waals surface area contributed by atoms with Crippen molar-refractivity contribution < 1.29 is 9.53 Å². The molecule has 0 spiro atoms. The van der Waals surface area contributed by atoms with Crippen molar-refractivity contribution in [2.45, 2.75) is 20.8 Å². The van der Waals surface area contributed by atoms with Gasteiger partial charge in [-0.2, -0.15) is 0 Å². The van der Waals surface area contributed by atoms with Crippen LogP contribution in [0.2, 0.25) is 0 Å². The summed E-state index contributed by atoms with van der Waals surface area (Å²) < 4.78 is 4.92. The predicted octanol–water partition coefficient (Wildman–Crippen LogP) is 3.60. The van der Waals surface area contributed by atoms with Crippen molar-refractivity contribution in [3.63, 3.8) is 0 Å². The van der Waals surface area contributed by atoms with Gasteiger partial charge in [-0.1, -0.05) is 42.0 Å².